The van der Waals surface area contributed by atoms with E-state index in [4.69, 9.17) is 10.8 Å². The quantitative estimate of drug-likeness (QED) is 0.659. The normalized spacial score (nSPS) is 18.6. The van der Waals surface area contributed by atoms with Crippen molar-refractivity contribution >= 4 is 17.7 Å². The van der Waals surface area contributed by atoms with Crippen LogP contribution in [-0.4, -0.2) is 41.3 Å². The van der Waals surface area contributed by atoms with Gasteiger partial charge >= 0.3 is 5.97 Å². The number of thioether (sulfide) groups is 1. The Hall–Kier alpha value is -0.260. The van der Waals surface area contributed by atoms with Crippen molar-refractivity contribution in [2.75, 3.05) is 19.5 Å². The maximum Gasteiger partial charge on any atom is 0.325 e. The lowest BCUT2D eigenvalue weighted by molar-refractivity contribution is -0.146. The molecule has 3 N–H and O–H groups in total. The highest BCUT2D eigenvalue weighted by molar-refractivity contribution is 7.99. The maximum atomic E-state index is 11.4. The molecule has 0 aliphatic carbocycles. The minimum Gasteiger partial charge on any atom is -0.468 e. The van der Waals surface area contributed by atoms with Crippen LogP contribution in [0.4, 0.5) is 0 Å². The molecule has 0 aliphatic heterocycles. The third-order valence-electron chi connectivity index (χ3n) is 2.34. The third-order valence-corrected chi connectivity index (χ3v) is 3.84. The van der Waals surface area contributed by atoms with Crippen molar-refractivity contribution < 1.29 is 14.6 Å². The van der Waals surface area contributed by atoms with Crippen LogP contribution in [0.25, 0.3) is 0 Å². The van der Waals surface area contributed by atoms with Crippen LogP contribution in [0.2, 0.25) is 0 Å². The number of aliphatic hydroxyl groups excluding tert-OH is 1. The summed E-state index contributed by atoms with van der Waals surface area (Å²) in [5.41, 5.74) is 4.95. The fraction of sp³-hybridized carbons (Fsp3) is 0.909. The molecule has 0 radical (unpaired) electrons. The zero-order valence-electron chi connectivity index (χ0n) is 10.5. The Labute approximate surface area is 102 Å². The Morgan fingerprint density at radius 3 is 2.56 bits per heavy atom. The summed E-state index contributed by atoms with van der Waals surface area (Å²) in [6.07, 6.45) is 0.572. The van der Waals surface area contributed by atoms with Gasteiger partial charge in [0.15, 0.2) is 0 Å². The molecule has 0 amide bonds. The van der Waals surface area contributed by atoms with Crippen molar-refractivity contribution in [3.63, 3.8) is 0 Å². The molecule has 0 aromatic rings. The maximum absolute atomic E-state index is 11.4. The first kappa shape index (κ1) is 15.7. The number of hydrogen-bond donors (Lipinski definition) is 2. The number of carbonyl (C=O) groups excluding carboxylic acids is 1. The molecular weight excluding hydrogens is 226 g/mol. The Kier molecular flexibility index (Phi) is 7.03. The molecule has 0 bridgehead atoms. The zero-order valence-corrected chi connectivity index (χ0v) is 11.3. The smallest absolute Gasteiger partial charge is 0.325 e. The Balaban J connectivity index is 4.03. The van der Waals surface area contributed by atoms with Crippen molar-refractivity contribution in [2.45, 2.75) is 38.0 Å². The van der Waals surface area contributed by atoms with E-state index >= 15 is 0 Å². The summed E-state index contributed by atoms with van der Waals surface area (Å²) in [5, 5.41) is 9.16. The van der Waals surface area contributed by atoms with Gasteiger partial charge in [0.1, 0.15) is 5.54 Å². The molecule has 16 heavy (non-hydrogen) atoms. The van der Waals surface area contributed by atoms with E-state index in [1.54, 1.807) is 18.7 Å². The molecule has 0 heterocycles. The number of nitrogens with two attached hydrogens (primary N) is 1. The van der Waals surface area contributed by atoms with Crippen molar-refractivity contribution in [1.82, 2.24) is 0 Å². The summed E-state index contributed by atoms with van der Waals surface area (Å²) in [6, 6.07) is 0. The van der Waals surface area contributed by atoms with Gasteiger partial charge in [-0.1, -0.05) is 13.8 Å². The standard InChI is InChI=1S/C11H23NO3S/c1-8(6-13)7-16-9(2)5-11(3,12)10(14)15-4/h8-9,13H,5-7,12H2,1-4H3. The summed E-state index contributed by atoms with van der Waals surface area (Å²) in [7, 11) is 1.35. The Morgan fingerprint density at radius 1 is 1.56 bits per heavy atom. The highest BCUT2D eigenvalue weighted by Crippen LogP contribution is 2.23. The summed E-state index contributed by atoms with van der Waals surface area (Å²) in [5.74, 6) is 0.763. The van der Waals surface area contributed by atoms with Gasteiger partial charge in [0, 0.05) is 11.9 Å². The lowest BCUT2D eigenvalue weighted by atomic mass is 9.98. The highest BCUT2D eigenvalue weighted by atomic mass is 32.2. The average Bonchev–Trinajstić information content (AvgIpc) is 2.23. The zero-order chi connectivity index (χ0) is 12.8. The SMILES string of the molecule is COC(=O)C(C)(N)CC(C)SCC(C)CO. The molecule has 0 spiro atoms. The summed E-state index contributed by atoms with van der Waals surface area (Å²) >= 11 is 1.72. The number of hydrogen-bond acceptors (Lipinski definition) is 5. The van der Waals surface area contributed by atoms with Crippen LogP contribution in [0.5, 0.6) is 0 Å². The molecule has 0 aliphatic rings. The molecule has 0 saturated heterocycles. The van der Waals surface area contributed by atoms with Crippen molar-refractivity contribution in [2.24, 2.45) is 11.7 Å². The van der Waals surface area contributed by atoms with Gasteiger partial charge in [0.25, 0.3) is 0 Å². The third kappa shape index (κ3) is 5.72. The molecule has 4 nitrogen and oxygen atoms in total. The Morgan fingerprint density at radius 2 is 2.12 bits per heavy atom. The summed E-state index contributed by atoms with van der Waals surface area (Å²) in [6.45, 7) is 5.90. The minimum absolute atomic E-state index is 0.191. The van der Waals surface area contributed by atoms with Crippen molar-refractivity contribution in [3.8, 4) is 0 Å². The molecule has 3 unspecified atom stereocenters. The number of esters is 1. The highest BCUT2D eigenvalue weighted by Gasteiger charge is 2.31. The van der Waals surface area contributed by atoms with Gasteiger partial charge in [-0.2, -0.15) is 11.8 Å². The van der Waals surface area contributed by atoms with Crippen LogP contribution in [0.1, 0.15) is 27.2 Å². The fourth-order valence-electron chi connectivity index (χ4n) is 1.35. The van der Waals surface area contributed by atoms with Crippen LogP contribution < -0.4 is 5.73 Å². The fourth-order valence-corrected chi connectivity index (χ4v) is 2.58. The number of carbonyl (C=O) groups is 1. The minimum atomic E-state index is -0.927. The van der Waals surface area contributed by atoms with Gasteiger partial charge in [0.2, 0.25) is 0 Å². The number of methoxy groups -OCH3 is 1. The molecule has 3 atom stereocenters. The van der Waals surface area contributed by atoms with Gasteiger partial charge in [-0.05, 0) is 25.0 Å². The molecule has 5 heteroatoms. The first-order valence-electron chi connectivity index (χ1n) is 5.43. The second-order valence-corrected chi connectivity index (χ2v) is 6.02. The van der Waals surface area contributed by atoms with Crippen molar-refractivity contribution in [1.29, 1.82) is 0 Å². The lowest BCUT2D eigenvalue weighted by Gasteiger charge is -2.25. The van der Waals surface area contributed by atoms with E-state index in [0.29, 0.717) is 6.42 Å². The van der Waals surface area contributed by atoms with Crippen LogP contribution >= 0.6 is 11.8 Å². The van der Waals surface area contributed by atoms with E-state index in [1.807, 2.05) is 13.8 Å². The molecule has 0 aromatic heterocycles. The van der Waals surface area contributed by atoms with E-state index in [2.05, 4.69) is 4.74 Å². The van der Waals surface area contributed by atoms with E-state index in [1.165, 1.54) is 7.11 Å². The average molecular weight is 249 g/mol. The molecule has 0 saturated carbocycles. The number of rotatable bonds is 7. The second-order valence-electron chi connectivity index (χ2n) is 4.54. The Bertz CT molecular complexity index is 221. The van der Waals surface area contributed by atoms with Gasteiger partial charge < -0.3 is 15.6 Å². The number of ether oxygens (including phenoxy) is 1. The number of aliphatic hydroxyl groups is 1. The molecule has 96 valence electrons. The first-order chi connectivity index (χ1) is 7.33. The summed E-state index contributed by atoms with van der Waals surface area (Å²) < 4.78 is 4.65. The van der Waals surface area contributed by atoms with E-state index < -0.39 is 5.54 Å². The molecular formula is C11H23NO3S. The van der Waals surface area contributed by atoms with Gasteiger partial charge in [-0.3, -0.25) is 4.79 Å². The second kappa shape index (κ2) is 7.14. The van der Waals surface area contributed by atoms with Crippen LogP contribution in [-0.2, 0) is 9.53 Å². The van der Waals surface area contributed by atoms with E-state index in [9.17, 15) is 4.79 Å². The summed E-state index contributed by atoms with van der Waals surface area (Å²) in [4.78, 5) is 11.4. The topological polar surface area (TPSA) is 72.5 Å². The molecule has 0 rings (SSSR count). The van der Waals surface area contributed by atoms with E-state index in [-0.39, 0.29) is 23.7 Å². The predicted octanol–water partition coefficient (Wildman–Crippen LogP) is 1.02. The van der Waals surface area contributed by atoms with E-state index in [0.717, 1.165) is 5.75 Å². The molecule has 0 aromatic carbocycles. The molecule has 0 fully saturated rings. The lowest BCUT2D eigenvalue weighted by Crippen LogP contribution is -2.47. The van der Waals surface area contributed by atoms with Crippen LogP contribution in [0.15, 0.2) is 0 Å². The van der Waals surface area contributed by atoms with Crippen LogP contribution in [0, 0.1) is 5.92 Å². The van der Waals surface area contributed by atoms with Crippen LogP contribution in [0.3, 0.4) is 0 Å². The predicted molar refractivity (Wildman–Crippen MR) is 67.4 cm³/mol. The van der Waals surface area contributed by atoms with Gasteiger partial charge in [0.05, 0.1) is 7.11 Å². The van der Waals surface area contributed by atoms with Crippen molar-refractivity contribution in [3.05, 3.63) is 0 Å². The first-order valence-corrected chi connectivity index (χ1v) is 6.48. The largest absolute Gasteiger partial charge is 0.468 e. The monoisotopic (exact) mass is 249 g/mol. The van der Waals surface area contributed by atoms with Gasteiger partial charge in [-0.15, -0.1) is 0 Å². The van der Waals surface area contributed by atoms with Gasteiger partial charge in [-0.25, -0.2) is 0 Å².